The van der Waals surface area contributed by atoms with Gasteiger partial charge in [-0.25, -0.2) is 9.67 Å². The average Bonchev–Trinajstić information content (AvgIpc) is 3.47. The molecule has 184 valence electrons. The lowest BCUT2D eigenvalue weighted by molar-refractivity contribution is 0.0956. The summed E-state index contributed by atoms with van der Waals surface area (Å²) < 4.78 is 8.11. The van der Waals surface area contributed by atoms with Crippen molar-refractivity contribution in [2.24, 2.45) is 0 Å². The van der Waals surface area contributed by atoms with Crippen LogP contribution in [0, 0.1) is 19.3 Å². The van der Waals surface area contributed by atoms with Crippen LogP contribution in [0.4, 0.5) is 5.69 Å². The first kappa shape index (κ1) is 24.8. The monoisotopic (exact) mass is 505 g/mol. The van der Waals surface area contributed by atoms with Crippen LogP contribution in [0.15, 0.2) is 36.7 Å². The Kier molecular flexibility index (Phi) is 7.22. The third kappa shape index (κ3) is 4.74. The first-order valence-corrected chi connectivity index (χ1v) is 11.5. The Morgan fingerprint density at radius 3 is 2.75 bits per heavy atom. The number of hydrogen-bond acceptors (Lipinski definition) is 6. The Balaban J connectivity index is 1.83. The summed E-state index contributed by atoms with van der Waals surface area (Å²) in [5.74, 6) is 2.10. The van der Waals surface area contributed by atoms with Crippen molar-refractivity contribution in [3.05, 3.63) is 58.5 Å². The highest BCUT2D eigenvalue weighted by Crippen LogP contribution is 2.31. The maximum atomic E-state index is 13.6. The van der Waals surface area contributed by atoms with E-state index in [9.17, 15) is 9.59 Å². The number of aromatic nitrogens is 5. The van der Waals surface area contributed by atoms with Gasteiger partial charge in [0.15, 0.2) is 5.82 Å². The van der Waals surface area contributed by atoms with E-state index in [1.54, 1.807) is 29.9 Å². The van der Waals surface area contributed by atoms with Crippen LogP contribution < -0.4 is 15.4 Å². The van der Waals surface area contributed by atoms with Crippen molar-refractivity contribution in [1.29, 1.82) is 0 Å². The lowest BCUT2D eigenvalue weighted by Gasteiger charge is -2.15. The number of amides is 2. The van der Waals surface area contributed by atoms with Crippen molar-refractivity contribution in [2.45, 2.75) is 26.8 Å². The molecule has 3 heterocycles. The third-order valence-electron chi connectivity index (χ3n) is 5.37. The number of fused-ring (bicyclic) bond motifs is 1. The highest BCUT2D eigenvalue weighted by atomic mass is 35.5. The maximum Gasteiger partial charge on any atom is 0.274 e. The fraction of sp³-hybridized carbons (Fsp3) is 0.240. The van der Waals surface area contributed by atoms with Gasteiger partial charge < -0.3 is 15.4 Å². The van der Waals surface area contributed by atoms with Gasteiger partial charge in [-0.15, -0.1) is 11.5 Å². The number of hydrogen-bond donors (Lipinski definition) is 2. The van der Waals surface area contributed by atoms with Crippen molar-refractivity contribution in [2.75, 3.05) is 19.0 Å². The number of anilines is 1. The van der Waals surface area contributed by atoms with Crippen LogP contribution >= 0.6 is 11.6 Å². The first-order chi connectivity index (χ1) is 17.4. The van der Waals surface area contributed by atoms with E-state index in [-0.39, 0.29) is 35.4 Å². The van der Waals surface area contributed by atoms with Gasteiger partial charge in [0.1, 0.15) is 17.8 Å². The fourth-order valence-corrected chi connectivity index (χ4v) is 3.94. The van der Waals surface area contributed by atoms with E-state index in [0.29, 0.717) is 28.3 Å². The Morgan fingerprint density at radius 1 is 1.25 bits per heavy atom. The number of rotatable bonds is 8. The van der Waals surface area contributed by atoms with Crippen molar-refractivity contribution >= 4 is 40.0 Å². The maximum absolute atomic E-state index is 13.6. The molecule has 0 radical (unpaired) electrons. The molecule has 0 aliphatic heterocycles. The summed E-state index contributed by atoms with van der Waals surface area (Å²) in [4.78, 5) is 31.0. The topological polar surface area (TPSA) is 116 Å². The van der Waals surface area contributed by atoms with E-state index in [0.717, 1.165) is 11.8 Å². The van der Waals surface area contributed by atoms with E-state index < -0.39 is 5.91 Å². The molecule has 2 amide bonds. The third-order valence-corrected chi connectivity index (χ3v) is 5.66. The number of aryl methyl sites for hydroxylation is 1. The summed E-state index contributed by atoms with van der Waals surface area (Å²) >= 11 is 6.31. The van der Waals surface area contributed by atoms with Gasteiger partial charge in [0, 0.05) is 30.4 Å². The molecule has 0 aliphatic rings. The normalized spacial score (nSPS) is 10.8. The molecule has 11 heteroatoms. The molecule has 1 aromatic carbocycles. The van der Waals surface area contributed by atoms with Gasteiger partial charge >= 0.3 is 0 Å². The number of nitrogens with one attached hydrogen (secondary N) is 2. The van der Waals surface area contributed by atoms with E-state index >= 15 is 0 Å². The first-order valence-electron chi connectivity index (χ1n) is 11.2. The molecular formula is C25H24ClN7O3. The number of methoxy groups -OCH3 is 1. The number of halogens is 1. The van der Waals surface area contributed by atoms with Crippen molar-refractivity contribution in [3.8, 4) is 24.0 Å². The molecule has 2 N–H and O–H groups in total. The van der Waals surface area contributed by atoms with E-state index in [1.807, 2.05) is 13.0 Å². The zero-order valence-corrected chi connectivity index (χ0v) is 20.8. The minimum Gasteiger partial charge on any atom is -0.480 e. The Labute approximate surface area is 212 Å². The number of carbonyl (C=O) groups is 2. The molecule has 0 atom stereocenters. The number of ether oxygens (including phenoxy) is 1. The quantitative estimate of drug-likeness (QED) is 0.353. The largest absolute Gasteiger partial charge is 0.480 e. The summed E-state index contributed by atoms with van der Waals surface area (Å²) in [5.41, 5.74) is 1.79. The van der Waals surface area contributed by atoms with Gasteiger partial charge in [-0.2, -0.15) is 5.10 Å². The van der Waals surface area contributed by atoms with E-state index in [4.69, 9.17) is 22.8 Å². The van der Waals surface area contributed by atoms with Gasteiger partial charge in [0.05, 0.1) is 23.4 Å². The van der Waals surface area contributed by atoms with Crippen molar-refractivity contribution in [3.63, 3.8) is 0 Å². The van der Waals surface area contributed by atoms with Gasteiger partial charge in [0.2, 0.25) is 5.88 Å². The second-order valence-electron chi connectivity index (χ2n) is 7.91. The average molecular weight is 506 g/mol. The molecule has 4 rings (SSSR count). The van der Waals surface area contributed by atoms with Crippen LogP contribution in [0.2, 0.25) is 5.02 Å². The van der Waals surface area contributed by atoms with Crippen LogP contribution in [0.1, 0.15) is 39.8 Å². The standard InChI is InChI=1S/C25H24ClN7O3/c1-5-9-28-25(35)20-21(15(3)12-16-14-32(11-6-2)31-22(16)20)29-24(34)18-13-19(36-4)30-33(18)23-17(26)8-7-10-27-23/h2,7-8,10,12-14H,5,9,11H2,1,3-4H3,(H,28,35)(H,29,34). The number of benzene rings is 1. The molecule has 0 unspecified atom stereocenters. The second kappa shape index (κ2) is 10.5. The SMILES string of the molecule is C#CCn1cc2cc(C)c(NC(=O)c3cc(OC)nn3-c3ncccc3Cl)c(C(=O)NCCC)c2n1. The molecule has 10 nitrogen and oxygen atoms in total. The molecule has 0 spiro atoms. The summed E-state index contributed by atoms with van der Waals surface area (Å²) in [6, 6.07) is 6.62. The highest BCUT2D eigenvalue weighted by molar-refractivity contribution is 6.32. The molecule has 36 heavy (non-hydrogen) atoms. The Bertz CT molecular complexity index is 1500. The minimum atomic E-state index is -0.539. The minimum absolute atomic E-state index is 0.115. The van der Waals surface area contributed by atoms with Gasteiger partial charge in [-0.1, -0.05) is 24.4 Å². The smallest absolute Gasteiger partial charge is 0.274 e. The zero-order valence-electron chi connectivity index (χ0n) is 20.0. The van der Waals surface area contributed by atoms with Crippen molar-refractivity contribution in [1.82, 2.24) is 29.9 Å². The molecular weight excluding hydrogens is 482 g/mol. The highest BCUT2D eigenvalue weighted by Gasteiger charge is 2.25. The van der Waals surface area contributed by atoms with E-state index in [2.05, 4.69) is 31.7 Å². The molecule has 0 aliphatic carbocycles. The molecule has 0 fully saturated rings. The van der Waals surface area contributed by atoms with Crippen molar-refractivity contribution < 1.29 is 14.3 Å². The van der Waals surface area contributed by atoms with E-state index in [1.165, 1.54) is 24.1 Å². The molecule has 4 aromatic rings. The lowest BCUT2D eigenvalue weighted by Crippen LogP contribution is -2.27. The summed E-state index contributed by atoms with van der Waals surface area (Å²) in [5, 5.41) is 15.6. The Morgan fingerprint density at radius 2 is 2.06 bits per heavy atom. The van der Waals surface area contributed by atoms with Crippen LogP contribution in [0.25, 0.3) is 16.7 Å². The molecule has 0 saturated carbocycles. The van der Waals surface area contributed by atoms with Crippen LogP contribution in [0.3, 0.4) is 0 Å². The van der Waals surface area contributed by atoms with Crippen LogP contribution in [-0.2, 0) is 6.54 Å². The summed E-state index contributed by atoms with van der Waals surface area (Å²) in [6.07, 6.45) is 9.50. The summed E-state index contributed by atoms with van der Waals surface area (Å²) in [6.45, 7) is 4.47. The van der Waals surface area contributed by atoms with Crippen LogP contribution in [-0.4, -0.2) is 50.0 Å². The number of carbonyl (C=O) groups excluding carboxylic acids is 2. The summed E-state index contributed by atoms with van der Waals surface area (Å²) in [7, 11) is 1.44. The van der Waals surface area contributed by atoms with Gasteiger partial charge in [-0.3, -0.25) is 14.3 Å². The number of nitrogens with zero attached hydrogens (tertiary/aromatic N) is 5. The zero-order chi connectivity index (χ0) is 25.8. The molecule has 0 bridgehead atoms. The number of terminal acetylenes is 1. The Hall–Kier alpha value is -4.36. The predicted octanol–water partition coefficient (Wildman–Crippen LogP) is 3.61. The second-order valence-corrected chi connectivity index (χ2v) is 8.32. The van der Waals surface area contributed by atoms with Gasteiger partial charge in [0.25, 0.3) is 11.8 Å². The number of pyridine rings is 1. The molecule has 0 saturated heterocycles. The lowest BCUT2D eigenvalue weighted by atomic mass is 10.0. The fourth-order valence-electron chi connectivity index (χ4n) is 3.73. The van der Waals surface area contributed by atoms with Gasteiger partial charge in [-0.05, 0) is 37.1 Å². The predicted molar refractivity (Wildman–Crippen MR) is 137 cm³/mol. The molecule has 3 aromatic heterocycles. The van der Waals surface area contributed by atoms with Crippen LogP contribution in [0.5, 0.6) is 5.88 Å².